The molecule has 1 heterocycles. The van der Waals surface area contributed by atoms with Crippen molar-refractivity contribution < 1.29 is 4.74 Å². The number of rotatable bonds is 5. The average molecular weight is 351 g/mol. The predicted octanol–water partition coefficient (Wildman–Crippen LogP) is 6.29. The minimum absolute atomic E-state index is 0.554. The van der Waals surface area contributed by atoms with Crippen molar-refractivity contribution in [3.05, 3.63) is 107 Å². The van der Waals surface area contributed by atoms with Gasteiger partial charge in [-0.05, 0) is 34.9 Å². The van der Waals surface area contributed by atoms with Crippen LogP contribution < -0.4 is 4.74 Å². The molecule has 0 saturated carbocycles. The fraction of sp³-hybridized carbons (Fsp3) is 0.0800. The maximum absolute atomic E-state index is 6.01. The second-order valence-electron chi connectivity index (χ2n) is 6.55. The number of fused-ring (bicyclic) bond motifs is 1. The van der Waals surface area contributed by atoms with Crippen LogP contribution in [0.25, 0.3) is 22.9 Å². The van der Waals surface area contributed by atoms with Crippen LogP contribution in [-0.2, 0) is 6.61 Å². The highest BCUT2D eigenvalue weighted by molar-refractivity contribution is 5.92. The Morgan fingerprint density at radius 1 is 0.852 bits per heavy atom. The van der Waals surface area contributed by atoms with Crippen molar-refractivity contribution >= 4 is 22.9 Å². The first-order valence-electron chi connectivity index (χ1n) is 9.09. The van der Waals surface area contributed by atoms with Gasteiger partial charge in [-0.1, -0.05) is 78.9 Å². The zero-order chi connectivity index (χ0) is 18.5. The maximum atomic E-state index is 6.01. The van der Waals surface area contributed by atoms with E-state index in [4.69, 9.17) is 4.74 Å². The Morgan fingerprint density at radius 2 is 1.63 bits per heavy atom. The molecule has 2 nitrogen and oxygen atoms in total. The summed E-state index contributed by atoms with van der Waals surface area (Å²) in [6, 6.07) is 26.9. The van der Waals surface area contributed by atoms with Crippen LogP contribution in [-0.4, -0.2) is 4.98 Å². The van der Waals surface area contributed by atoms with E-state index in [1.54, 1.807) is 0 Å². The molecule has 0 aliphatic carbocycles. The molecule has 0 atom stereocenters. The summed E-state index contributed by atoms with van der Waals surface area (Å²) in [5, 5.41) is 2.48. The number of nitrogens with zero attached hydrogens (tertiary/aromatic N) is 1. The van der Waals surface area contributed by atoms with Gasteiger partial charge in [-0.3, -0.25) is 4.98 Å². The molecule has 4 aromatic rings. The second kappa shape index (κ2) is 7.88. The van der Waals surface area contributed by atoms with Crippen molar-refractivity contribution in [3.8, 4) is 5.75 Å². The SMILES string of the molecule is Cc1cnc(C=Cc2cccc3ccccc23)cc1OCc1ccccc1. The molecule has 0 aliphatic rings. The summed E-state index contributed by atoms with van der Waals surface area (Å²) < 4.78 is 6.01. The largest absolute Gasteiger partial charge is 0.488 e. The number of pyridine rings is 1. The summed E-state index contributed by atoms with van der Waals surface area (Å²) in [6.45, 7) is 2.57. The lowest BCUT2D eigenvalue weighted by atomic mass is 10.0. The summed E-state index contributed by atoms with van der Waals surface area (Å²) in [5.41, 5.74) is 4.26. The summed E-state index contributed by atoms with van der Waals surface area (Å²) in [5.74, 6) is 0.867. The van der Waals surface area contributed by atoms with Crippen LogP contribution in [0.5, 0.6) is 5.75 Å². The van der Waals surface area contributed by atoms with Gasteiger partial charge in [0, 0.05) is 17.8 Å². The van der Waals surface area contributed by atoms with E-state index in [0.29, 0.717) is 6.61 Å². The van der Waals surface area contributed by atoms with Crippen molar-refractivity contribution in [2.24, 2.45) is 0 Å². The molecular formula is C25H21NO. The average Bonchev–Trinajstić information content (AvgIpc) is 2.73. The van der Waals surface area contributed by atoms with Gasteiger partial charge in [-0.2, -0.15) is 0 Å². The number of hydrogen-bond donors (Lipinski definition) is 0. The van der Waals surface area contributed by atoms with Crippen LogP contribution in [0.1, 0.15) is 22.4 Å². The van der Waals surface area contributed by atoms with E-state index in [1.165, 1.54) is 16.3 Å². The van der Waals surface area contributed by atoms with Crippen molar-refractivity contribution in [2.75, 3.05) is 0 Å². The Hall–Kier alpha value is -3.39. The molecule has 0 spiro atoms. The number of aromatic nitrogens is 1. The zero-order valence-corrected chi connectivity index (χ0v) is 15.3. The van der Waals surface area contributed by atoms with E-state index in [2.05, 4.69) is 65.7 Å². The third-order valence-electron chi connectivity index (χ3n) is 4.57. The number of ether oxygens (including phenoxy) is 1. The normalized spacial score (nSPS) is 11.1. The first-order valence-corrected chi connectivity index (χ1v) is 9.09. The molecule has 1 aromatic heterocycles. The lowest BCUT2D eigenvalue weighted by molar-refractivity contribution is 0.303. The Morgan fingerprint density at radius 3 is 2.52 bits per heavy atom. The fourth-order valence-corrected chi connectivity index (χ4v) is 3.07. The predicted molar refractivity (Wildman–Crippen MR) is 113 cm³/mol. The van der Waals surface area contributed by atoms with Crippen molar-refractivity contribution in [1.82, 2.24) is 4.98 Å². The third-order valence-corrected chi connectivity index (χ3v) is 4.57. The van der Waals surface area contributed by atoms with Crippen molar-refractivity contribution in [3.63, 3.8) is 0 Å². The molecular weight excluding hydrogens is 330 g/mol. The van der Waals surface area contributed by atoms with Gasteiger partial charge in [0.15, 0.2) is 0 Å². The van der Waals surface area contributed by atoms with Gasteiger partial charge >= 0.3 is 0 Å². The summed E-state index contributed by atoms with van der Waals surface area (Å²) in [7, 11) is 0. The molecule has 2 heteroatoms. The topological polar surface area (TPSA) is 22.1 Å². The molecule has 0 N–H and O–H groups in total. The van der Waals surface area contributed by atoms with Crippen molar-refractivity contribution in [1.29, 1.82) is 0 Å². The van der Waals surface area contributed by atoms with E-state index < -0.39 is 0 Å². The molecule has 27 heavy (non-hydrogen) atoms. The van der Waals surface area contributed by atoms with E-state index >= 15 is 0 Å². The van der Waals surface area contributed by atoms with Crippen molar-refractivity contribution in [2.45, 2.75) is 13.5 Å². The lowest BCUT2D eigenvalue weighted by Gasteiger charge is -2.09. The van der Waals surface area contributed by atoms with Crippen LogP contribution in [0.3, 0.4) is 0 Å². The van der Waals surface area contributed by atoms with Gasteiger partial charge in [-0.15, -0.1) is 0 Å². The Labute approximate surface area is 159 Å². The van der Waals surface area contributed by atoms with Gasteiger partial charge in [0.05, 0.1) is 5.69 Å². The van der Waals surface area contributed by atoms with Gasteiger partial charge in [-0.25, -0.2) is 0 Å². The van der Waals surface area contributed by atoms with Crippen LogP contribution >= 0.6 is 0 Å². The highest BCUT2D eigenvalue weighted by Crippen LogP contribution is 2.23. The third kappa shape index (κ3) is 4.06. The first kappa shape index (κ1) is 17.0. The molecule has 0 unspecified atom stereocenters. The molecule has 0 aliphatic heterocycles. The Kier molecular flexibility index (Phi) is 4.97. The minimum Gasteiger partial charge on any atom is -0.488 e. The molecule has 0 amide bonds. The highest BCUT2D eigenvalue weighted by atomic mass is 16.5. The number of benzene rings is 3. The van der Waals surface area contributed by atoms with Crippen LogP contribution in [0.4, 0.5) is 0 Å². The Bertz CT molecular complexity index is 1080. The molecule has 4 rings (SSSR count). The second-order valence-corrected chi connectivity index (χ2v) is 6.55. The van der Waals surface area contributed by atoms with Crippen LogP contribution in [0, 0.1) is 6.92 Å². The monoisotopic (exact) mass is 351 g/mol. The summed E-state index contributed by atoms with van der Waals surface area (Å²) in [6.07, 6.45) is 6.01. The lowest BCUT2D eigenvalue weighted by Crippen LogP contribution is -1.98. The van der Waals surface area contributed by atoms with E-state index in [9.17, 15) is 0 Å². The number of hydrogen-bond acceptors (Lipinski definition) is 2. The van der Waals surface area contributed by atoms with Gasteiger partial charge in [0.2, 0.25) is 0 Å². The minimum atomic E-state index is 0.554. The standard InChI is InChI=1S/C25H21NO/c1-19-17-26-23(16-25(19)27-18-20-8-3-2-4-9-20)15-14-22-12-7-11-21-10-5-6-13-24(21)22/h2-17H,18H2,1H3. The highest BCUT2D eigenvalue weighted by Gasteiger charge is 2.03. The molecule has 0 saturated heterocycles. The smallest absolute Gasteiger partial charge is 0.126 e. The van der Waals surface area contributed by atoms with Gasteiger partial charge in [0.25, 0.3) is 0 Å². The quantitative estimate of drug-likeness (QED) is 0.421. The fourth-order valence-electron chi connectivity index (χ4n) is 3.07. The molecule has 132 valence electrons. The maximum Gasteiger partial charge on any atom is 0.126 e. The van der Waals surface area contributed by atoms with Crippen LogP contribution in [0.2, 0.25) is 0 Å². The van der Waals surface area contributed by atoms with E-state index in [0.717, 1.165) is 22.6 Å². The van der Waals surface area contributed by atoms with Crippen LogP contribution in [0.15, 0.2) is 85.1 Å². The zero-order valence-electron chi connectivity index (χ0n) is 15.3. The van der Waals surface area contributed by atoms with Gasteiger partial charge in [0.1, 0.15) is 12.4 Å². The molecule has 3 aromatic carbocycles. The Balaban J connectivity index is 1.56. The van der Waals surface area contributed by atoms with Gasteiger partial charge < -0.3 is 4.74 Å². The van der Waals surface area contributed by atoms with E-state index in [-0.39, 0.29) is 0 Å². The molecule has 0 radical (unpaired) electrons. The number of aryl methyl sites for hydroxylation is 1. The molecule has 0 bridgehead atoms. The summed E-state index contributed by atoms with van der Waals surface area (Å²) in [4.78, 5) is 4.52. The van der Waals surface area contributed by atoms with E-state index in [1.807, 2.05) is 43.5 Å². The summed E-state index contributed by atoms with van der Waals surface area (Å²) >= 11 is 0. The first-order chi connectivity index (χ1) is 13.3. The molecule has 0 fully saturated rings.